The van der Waals surface area contributed by atoms with E-state index in [1.54, 1.807) is 0 Å². The number of carbonyl (C=O) groups is 1. The Morgan fingerprint density at radius 2 is 1.82 bits per heavy atom. The van der Waals surface area contributed by atoms with E-state index in [9.17, 15) is 18.5 Å². The van der Waals surface area contributed by atoms with E-state index in [-0.39, 0.29) is 29.2 Å². The number of benzene rings is 1. The van der Waals surface area contributed by atoms with Gasteiger partial charge in [0.1, 0.15) is 17.0 Å². The second kappa shape index (κ2) is 8.84. The van der Waals surface area contributed by atoms with Gasteiger partial charge in [-0.05, 0) is 56.4 Å². The van der Waals surface area contributed by atoms with Gasteiger partial charge < -0.3 is 14.6 Å². The average Bonchev–Trinajstić information content (AvgIpc) is 3.52. The van der Waals surface area contributed by atoms with Gasteiger partial charge in [0.25, 0.3) is 0 Å². The molecule has 2 bridgehead atoms. The van der Waals surface area contributed by atoms with Gasteiger partial charge in [0, 0.05) is 42.1 Å². The van der Waals surface area contributed by atoms with Crippen molar-refractivity contribution >= 4 is 21.4 Å². The number of anilines is 1. The molecule has 2 aromatic rings. The third kappa shape index (κ3) is 4.03. The van der Waals surface area contributed by atoms with Gasteiger partial charge in [-0.15, -0.1) is 0 Å². The molecule has 5 aliphatic carbocycles. The third-order valence-corrected chi connectivity index (χ3v) is 11.4. The fraction of sp³-hybridized carbons (Fsp3) is 0.621. The lowest BCUT2D eigenvalue weighted by molar-refractivity contribution is -0.127. The van der Waals surface area contributed by atoms with E-state index in [0.29, 0.717) is 43.7 Å². The summed E-state index contributed by atoms with van der Waals surface area (Å²) in [7, 11) is -3.00. The molecule has 1 amide bonds. The maximum atomic E-state index is 13.5. The van der Waals surface area contributed by atoms with E-state index in [4.69, 9.17) is 9.40 Å². The Morgan fingerprint density at radius 3 is 2.47 bits per heavy atom. The normalized spacial score (nSPS) is 32.4. The van der Waals surface area contributed by atoms with Crippen LogP contribution in [0.15, 0.2) is 28.7 Å². The fourth-order valence-corrected chi connectivity index (χ4v) is 8.21. The summed E-state index contributed by atoms with van der Waals surface area (Å²) in [4.78, 5) is 20.8. The molecular weight excluding hydrogens is 500 g/mol. The molecule has 1 aromatic carbocycles. The lowest BCUT2D eigenvalue weighted by Gasteiger charge is -2.56. The molecule has 200 valence electrons. The van der Waals surface area contributed by atoms with E-state index in [2.05, 4.69) is 22.4 Å². The van der Waals surface area contributed by atoms with Crippen LogP contribution in [0.2, 0.25) is 0 Å². The minimum atomic E-state index is -3.00. The lowest BCUT2D eigenvalue weighted by Crippen LogP contribution is -2.48. The van der Waals surface area contributed by atoms with Gasteiger partial charge in [0.15, 0.2) is 15.7 Å². The second-order valence-electron chi connectivity index (χ2n) is 12.1. The van der Waals surface area contributed by atoms with Crippen molar-refractivity contribution in [3.8, 4) is 17.3 Å². The predicted octanol–water partition coefficient (Wildman–Crippen LogP) is 4.15. The molecule has 5 saturated carbocycles. The molecule has 8 nitrogen and oxygen atoms in total. The summed E-state index contributed by atoms with van der Waals surface area (Å²) in [5, 5.41) is 12.6. The van der Waals surface area contributed by atoms with Gasteiger partial charge >= 0.3 is 0 Å². The monoisotopic (exact) mass is 534 g/mol. The predicted molar refractivity (Wildman–Crippen MR) is 142 cm³/mol. The van der Waals surface area contributed by atoms with Gasteiger partial charge in [-0.1, -0.05) is 31.0 Å². The fourth-order valence-electron chi connectivity index (χ4n) is 7.01. The number of rotatable bonds is 6. The van der Waals surface area contributed by atoms with Crippen LogP contribution in [0.4, 0.5) is 5.69 Å². The van der Waals surface area contributed by atoms with Gasteiger partial charge in [-0.2, -0.15) is 5.26 Å². The molecule has 1 saturated heterocycles. The van der Waals surface area contributed by atoms with Crippen LogP contribution >= 0.6 is 0 Å². The second-order valence-corrected chi connectivity index (χ2v) is 14.4. The van der Waals surface area contributed by atoms with Crippen molar-refractivity contribution in [2.75, 3.05) is 29.5 Å². The van der Waals surface area contributed by atoms with Gasteiger partial charge in [-0.3, -0.25) is 4.79 Å². The van der Waals surface area contributed by atoms with Gasteiger partial charge in [-0.25, -0.2) is 13.4 Å². The highest BCUT2D eigenvalue weighted by Crippen LogP contribution is 2.64. The maximum absolute atomic E-state index is 13.5. The van der Waals surface area contributed by atoms with Crippen molar-refractivity contribution in [3.05, 3.63) is 35.9 Å². The van der Waals surface area contributed by atoms with Crippen LogP contribution in [0, 0.1) is 29.1 Å². The third-order valence-electron chi connectivity index (χ3n) is 9.79. The van der Waals surface area contributed by atoms with Crippen molar-refractivity contribution in [3.63, 3.8) is 0 Å². The molecule has 2 atom stereocenters. The van der Waals surface area contributed by atoms with Crippen LogP contribution in [0.25, 0.3) is 11.3 Å². The van der Waals surface area contributed by atoms with E-state index < -0.39 is 15.4 Å². The highest BCUT2D eigenvalue weighted by molar-refractivity contribution is 7.91. The molecule has 0 spiro atoms. The highest BCUT2D eigenvalue weighted by atomic mass is 32.2. The Bertz CT molecular complexity index is 1390. The average molecular weight is 535 g/mol. The highest BCUT2D eigenvalue weighted by Gasteiger charge is 2.56. The van der Waals surface area contributed by atoms with Crippen molar-refractivity contribution in [2.45, 2.75) is 68.7 Å². The molecular formula is C29H34N4O4S. The van der Waals surface area contributed by atoms with E-state index in [0.717, 1.165) is 54.3 Å². The zero-order valence-electron chi connectivity index (χ0n) is 21.6. The van der Waals surface area contributed by atoms with Crippen LogP contribution in [-0.2, 0) is 14.6 Å². The van der Waals surface area contributed by atoms with E-state index in [1.165, 1.54) is 12.8 Å². The number of oxazole rings is 1. The summed E-state index contributed by atoms with van der Waals surface area (Å²) in [6.07, 6.45) is 7.56. The van der Waals surface area contributed by atoms with Crippen LogP contribution < -0.4 is 10.2 Å². The number of carbonyl (C=O) groups excluding carboxylic acids is 1. The van der Waals surface area contributed by atoms with Crippen LogP contribution in [-0.4, -0.2) is 49.4 Å². The number of hydrogen-bond donors (Lipinski definition) is 1. The molecule has 0 radical (unpaired) electrons. The van der Waals surface area contributed by atoms with Gasteiger partial charge in [0.05, 0.1) is 17.6 Å². The molecule has 8 rings (SSSR count). The summed E-state index contributed by atoms with van der Waals surface area (Å²) >= 11 is 0. The van der Waals surface area contributed by atoms with Crippen LogP contribution in [0.5, 0.6) is 0 Å². The minimum Gasteiger partial charge on any atom is -0.444 e. The summed E-state index contributed by atoms with van der Waals surface area (Å²) < 4.78 is 30.9. The standard InChI is InChI=1S/C29H34N4O4S/c30-17-29(9-10-29)32-27(34)21-6-2-1-5-20(21)26-25(31-28(37-26)24-18-15-19(24)16-18)22-7-3-4-8-23(22)33-11-13-38(35,36)14-12-33/h3-4,7-8,18-21,24H,1-2,5-6,9-16H2,(H,32,34)/t18?,19?,20-,21-,24?/m1/s1. The number of amides is 1. The smallest absolute Gasteiger partial charge is 0.225 e. The Morgan fingerprint density at radius 1 is 1.11 bits per heavy atom. The van der Waals surface area contributed by atoms with E-state index in [1.807, 2.05) is 18.2 Å². The number of nitriles is 1. The van der Waals surface area contributed by atoms with Crippen LogP contribution in [0.3, 0.4) is 0 Å². The Kier molecular flexibility index (Phi) is 5.63. The SMILES string of the molecule is N#CC1(NC(=O)[C@@H]2CCCC[C@H]2c2oc(C3C4CC3C4)nc2-c2ccccc2N2CCS(=O)(=O)CC2)CC1. The number of para-hydroxylation sites is 1. The Labute approximate surface area is 223 Å². The first-order chi connectivity index (χ1) is 18.4. The Hall–Kier alpha value is -2.86. The number of nitrogens with one attached hydrogen (secondary N) is 1. The first kappa shape index (κ1) is 24.2. The summed E-state index contributed by atoms with van der Waals surface area (Å²) in [5.41, 5.74) is 2.04. The molecule has 1 aliphatic heterocycles. The summed E-state index contributed by atoms with van der Waals surface area (Å²) in [6, 6.07) is 10.4. The zero-order valence-corrected chi connectivity index (χ0v) is 22.4. The van der Waals surface area contributed by atoms with Crippen molar-refractivity contribution in [2.24, 2.45) is 17.8 Å². The lowest BCUT2D eigenvalue weighted by atomic mass is 9.48. The number of hydrogen-bond acceptors (Lipinski definition) is 7. The van der Waals surface area contributed by atoms with E-state index >= 15 is 0 Å². The maximum Gasteiger partial charge on any atom is 0.225 e. The van der Waals surface area contributed by atoms with Crippen LogP contribution in [0.1, 0.15) is 74.9 Å². The first-order valence-electron chi connectivity index (χ1n) is 14.1. The van der Waals surface area contributed by atoms with Crippen molar-refractivity contribution in [1.29, 1.82) is 5.26 Å². The number of sulfone groups is 1. The molecule has 1 aromatic heterocycles. The Balaban J connectivity index is 1.27. The summed E-state index contributed by atoms with van der Waals surface area (Å²) in [5.74, 6) is 3.18. The molecule has 0 unspecified atom stereocenters. The van der Waals surface area contributed by atoms with Crippen molar-refractivity contribution in [1.82, 2.24) is 10.3 Å². The minimum absolute atomic E-state index is 0.0429. The molecule has 38 heavy (non-hydrogen) atoms. The molecule has 1 N–H and O–H groups in total. The zero-order chi connectivity index (χ0) is 26.1. The van der Waals surface area contributed by atoms with Gasteiger partial charge in [0.2, 0.25) is 5.91 Å². The van der Waals surface area contributed by atoms with Crippen molar-refractivity contribution < 1.29 is 17.6 Å². The molecule has 6 aliphatic rings. The first-order valence-corrected chi connectivity index (χ1v) is 16.0. The molecule has 2 heterocycles. The molecule has 6 fully saturated rings. The molecule has 9 heteroatoms. The number of nitrogens with zero attached hydrogens (tertiary/aromatic N) is 3. The number of aromatic nitrogens is 1. The summed E-state index contributed by atoms with van der Waals surface area (Å²) in [6.45, 7) is 0.910. The largest absolute Gasteiger partial charge is 0.444 e. The topological polar surface area (TPSA) is 116 Å². The quantitative estimate of drug-likeness (QED) is 0.592.